The summed E-state index contributed by atoms with van der Waals surface area (Å²) in [5, 5.41) is 0. The molecule has 0 radical (unpaired) electrons. The molecule has 1 fully saturated rings. The van der Waals surface area contributed by atoms with Gasteiger partial charge in [-0.05, 0) is 54.8 Å². The highest BCUT2D eigenvalue weighted by molar-refractivity contribution is 5.78. The smallest absolute Gasteiger partial charge is 0.261 e. The standard InChI is InChI=1S/C19H20FNO3/c1-23-16-8-4-14(5-9-16)18-3-2-12-21(18)19(22)13-24-17-10-6-15(20)7-11-17/h4-11,18H,2-3,12-13H2,1H3. The van der Waals surface area contributed by atoms with E-state index in [9.17, 15) is 9.18 Å². The molecule has 2 aromatic carbocycles. The van der Waals surface area contributed by atoms with Crippen LogP contribution in [0.5, 0.6) is 11.5 Å². The van der Waals surface area contributed by atoms with E-state index in [4.69, 9.17) is 9.47 Å². The van der Waals surface area contributed by atoms with Crippen LogP contribution in [0.3, 0.4) is 0 Å². The van der Waals surface area contributed by atoms with Crippen LogP contribution in [0.1, 0.15) is 24.4 Å². The topological polar surface area (TPSA) is 38.8 Å². The first kappa shape index (κ1) is 16.3. The van der Waals surface area contributed by atoms with Gasteiger partial charge >= 0.3 is 0 Å². The maximum Gasteiger partial charge on any atom is 0.261 e. The minimum absolute atomic E-state index is 0.0434. The third-order valence-corrected chi connectivity index (χ3v) is 4.25. The molecule has 2 aromatic rings. The number of nitrogens with zero attached hydrogens (tertiary/aromatic N) is 1. The minimum Gasteiger partial charge on any atom is -0.497 e. The van der Waals surface area contributed by atoms with E-state index in [0.717, 1.165) is 30.7 Å². The van der Waals surface area contributed by atoms with Crippen molar-refractivity contribution in [2.75, 3.05) is 20.3 Å². The number of carbonyl (C=O) groups is 1. The third-order valence-electron chi connectivity index (χ3n) is 4.25. The van der Waals surface area contributed by atoms with Gasteiger partial charge in [0.15, 0.2) is 6.61 Å². The lowest BCUT2D eigenvalue weighted by molar-refractivity contribution is -0.134. The number of carbonyl (C=O) groups excluding carboxylic acids is 1. The molecule has 1 heterocycles. The van der Waals surface area contributed by atoms with Gasteiger partial charge in [0.25, 0.3) is 5.91 Å². The summed E-state index contributed by atoms with van der Waals surface area (Å²) in [4.78, 5) is 14.3. The zero-order chi connectivity index (χ0) is 16.9. The Labute approximate surface area is 140 Å². The van der Waals surface area contributed by atoms with Gasteiger partial charge in [-0.25, -0.2) is 4.39 Å². The van der Waals surface area contributed by atoms with Gasteiger partial charge in [-0.1, -0.05) is 12.1 Å². The van der Waals surface area contributed by atoms with E-state index in [2.05, 4.69) is 0 Å². The zero-order valence-corrected chi connectivity index (χ0v) is 13.6. The predicted octanol–water partition coefficient (Wildman–Crippen LogP) is 3.58. The van der Waals surface area contributed by atoms with Crippen LogP contribution < -0.4 is 9.47 Å². The summed E-state index contributed by atoms with van der Waals surface area (Å²) in [5.74, 6) is 0.907. The van der Waals surface area contributed by atoms with E-state index in [1.807, 2.05) is 29.2 Å². The van der Waals surface area contributed by atoms with Gasteiger partial charge in [0.2, 0.25) is 0 Å². The Morgan fingerprint density at radius 3 is 2.46 bits per heavy atom. The van der Waals surface area contributed by atoms with E-state index in [1.54, 1.807) is 7.11 Å². The van der Waals surface area contributed by atoms with Gasteiger partial charge in [-0.2, -0.15) is 0 Å². The van der Waals surface area contributed by atoms with Crippen molar-refractivity contribution in [2.24, 2.45) is 0 Å². The Hall–Kier alpha value is -2.56. The highest BCUT2D eigenvalue weighted by Gasteiger charge is 2.30. The molecule has 0 aliphatic carbocycles. The zero-order valence-electron chi connectivity index (χ0n) is 13.6. The molecule has 1 unspecified atom stereocenters. The van der Waals surface area contributed by atoms with Crippen LogP contribution in [-0.4, -0.2) is 31.1 Å². The van der Waals surface area contributed by atoms with Crippen molar-refractivity contribution in [2.45, 2.75) is 18.9 Å². The number of methoxy groups -OCH3 is 1. The maximum atomic E-state index is 12.9. The predicted molar refractivity (Wildman–Crippen MR) is 88.6 cm³/mol. The Bertz CT molecular complexity index is 685. The molecule has 1 aliphatic rings. The Morgan fingerprint density at radius 2 is 1.79 bits per heavy atom. The minimum atomic E-state index is -0.326. The number of hydrogen-bond acceptors (Lipinski definition) is 3. The van der Waals surface area contributed by atoms with Gasteiger partial charge in [0.1, 0.15) is 17.3 Å². The molecule has 24 heavy (non-hydrogen) atoms. The lowest BCUT2D eigenvalue weighted by Crippen LogP contribution is -2.34. The average Bonchev–Trinajstić information content (AvgIpc) is 3.11. The first-order valence-corrected chi connectivity index (χ1v) is 7.99. The number of likely N-dealkylation sites (tertiary alicyclic amines) is 1. The van der Waals surface area contributed by atoms with Crippen LogP contribution in [0.15, 0.2) is 48.5 Å². The van der Waals surface area contributed by atoms with Crippen molar-refractivity contribution in [1.82, 2.24) is 4.90 Å². The van der Waals surface area contributed by atoms with Gasteiger partial charge in [-0.3, -0.25) is 4.79 Å². The van der Waals surface area contributed by atoms with E-state index < -0.39 is 0 Å². The molecular weight excluding hydrogens is 309 g/mol. The van der Waals surface area contributed by atoms with Gasteiger partial charge in [0, 0.05) is 6.54 Å². The Kier molecular flexibility index (Phi) is 4.99. The molecule has 0 aromatic heterocycles. The number of rotatable bonds is 5. The van der Waals surface area contributed by atoms with E-state index in [0.29, 0.717) is 5.75 Å². The van der Waals surface area contributed by atoms with Gasteiger partial charge < -0.3 is 14.4 Å². The molecule has 126 valence electrons. The molecule has 1 amide bonds. The van der Waals surface area contributed by atoms with Crippen molar-refractivity contribution in [3.8, 4) is 11.5 Å². The summed E-state index contributed by atoms with van der Waals surface area (Å²) in [6.45, 7) is 0.681. The van der Waals surface area contributed by atoms with E-state index in [-0.39, 0.29) is 24.4 Å². The highest BCUT2D eigenvalue weighted by Crippen LogP contribution is 2.32. The summed E-state index contributed by atoms with van der Waals surface area (Å²) in [6.07, 6.45) is 1.91. The third kappa shape index (κ3) is 3.67. The lowest BCUT2D eigenvalue weighted by Gasteiger charge is -2.25. The van der Waals surface area contributed by atoms with Crippen molar-refractivity contribution in [3.63, 3.8) is 0 Å². The molecule has 4 nitrogen and oxygen atoms in total. The van der Waals surface area contributed by atoms with Crippen molar-refractivity contribution in [3.05, 3.63) is 59.9 Å². The fraction of sp³-hybridized carbons (Fsp3) is 0.316. The number of benzene rings is 2. The molecule has 3 rings (SSSR count). The van der Waals surface area contributed by atoms with Crippen molar-refractivity contribution >= 4 is 5.91 Å². The quantitative estimate of drug-likeness (QED) is 0.842. The van der Waals surface area contributed by atoms with E-state index in [1.165, 1.54) is 24.3 Å². The summed E-state index contributed by atoms with van der Waals surface area (Å²) in [6, 6.07) is 13.6. The van der Waals surface area contributed by atoms with Crippen LogP contribution in [0.4, 0.5) is 4.39 Å². The van der Waals surface area contributed by atoms with Crippen LogP contribution >= 0.6 is 0 Å². The second-order valence-corrected chi connectivity index (χ2v) is 5.76. The number of hydrogen-bond donors (Lipinski definition) is 0. The van der Waals surface area contributed by atoms with Gasteiger partial charge in [0.05, 0.1) is 13.2 Å². The molecule has 0 spiro atoms. The first-order chi connectivity index (χ1) is 11.7. The SMILES string of the molecule is COc1ccc(C2CCCN2C(=O)COc2ccc(F)cc2)cc1. The normalized spacial score (nSPS) is 16.9. The number of amides is 1. The van der Waals surface area contributed by atoms with Crippen LogP contribution in [-0.2, 0) is 4.79 Å². The molecule has 0 N–H and O–H groups in total. The molecule has 0 bridgehead atoms. The monoisotopic (exact) mass is 329 g/mol. The molecular formula is C19H20FNO3. The average molecular weight is 329 g/mol. The lowest BCUT2D eigenvalue weighted by atomic mass is 10.0. The summed E-state index contributed by atoms with van der Waals surface area (Å²) < 4.78 is 23.5. The fourth-order valence-corrected chi connectivity index (χ4v) is 3.00. The largest absolute Gasteiger partial charge is 0.497 e. The highest BCUT2D eigenvalue weighted by atomic mass is 19.1. The van der Waals surface area contributed by atoms with Crippen LogP contribution in [0, 0.1) is 5.82 Å². The molecule has 0 saturated carbocycles. The second-order valence-electron chi connectivity index (χ2n) is 5.76. The molecule has 1 aliphatic heterocycles. The number of halogens is 1. The van der Waals surface area contributed by atoms with Crippen LogP contribution in [0.25, 0.3) is 0 Å². The Morgan fingerprint density at radius 1 is 1.12 bits per heavy atom. The van der Waals surface area contributed by atoms with Gasteiger partial charge in [-0.15, -0.1) is 0 Å². The first-order valence-electron chi connectivity index (χ1n) is 7.99. The fourth-order valence-electron chi connectivity index (χ4n) is 3.00. The Balaban J connectivity index is 1.63. The van der Waals surface area contributed by atoms with Crippen molar-refractivity contribution in [1.29, 1.82) is 0 Å². The molecule has 1 atom stereocenters. The van der Waals surface area contributed by atoms with E-state index >= 15 is 0 Å². The molecule has 5 heteroatoms. The maximum absolute atomic E-state index is 12.9. The van der Waals surface area contributed by atoms with Crippen LogP contribution in [0.2, 0.25) is 0 Å². The number of ether oxygens (including phenoxy) is 2. The summed E-state index contributed by atoms with van der Waals surface area (Å²) in [7, 11) is 1.63. The van der Waals surface area contributed by atoms with Crippen molar-refractivity contribution < 1.29 is 18.7 Å². The second kappa shape index (κ2) is 7.34. The molecule has 1 saturated heterocycles. The summed E-state index contributed by atoms with van der Waals surface area (Å²) in [5.41, 5.74) is 1.10. The summed E-state index contributed by atoms with van der Waals surface area (Å²) >= 11 is 0.